The van der Waals surface area contributed by atoms with Crippen LogP contribution in [0.1, 0.15) is 12.3 Å². The van der Waals surface area contributed by atoms with Crippen LogP contribution in [0.4, 0.5) is 5.69 Å². The summed E-state index contributed by atoms with van der Waals surface area (Å²) in [5.41, 5.74) is 1.32. The molecule has 1 heterocycles. The lowest BCUT2D eigenvalue weighted by Crippen LogP contribution is -2.13. The molecule has 0 atom stereocenters. The van der Waals surface area contributed by atoms with Crippen LogP contribution in [0.25, 0.3) is 11.4 Å². The summed E-state index contributed by atoms with van der Waals surface area (Å²) in [4.78, 5) is 16.5. The molecule has 8 nitrogen and oxygen atoms in total. The molecule has 1 aromatic heterocycles. The van der Waals surface area contributed by atoms with Gasteiger partial charge in [-0.1, -0.05) is 22.8 Å². The van der Waals surface area contributed by atoms with Gasteiger partial charge in [0.05, 0.1) is 5.75 Å². The number of rotatable bonds is 9. The molecule has 0 bridgehead atoms. The largest absolute Gasteiger partial charge is 0.492 e. The fourth-order valence-corrected chi connectivity index (χ4v) is 3.00. The fourth-order valence-electron chi connectivity index (χ4n) is 2.49. The predicted octanol–water partition coefficient (Wildman–Crippen LogP) is 3.38. The summed E-state index contributed by atoms with van der Waals surface area (Å²) in [7, 11) is -3.10. The van der Waals surface area contributed by atoms with Gasteiger partial charge in [-0.2, -0.15) is 4.98 Å². The molecule has 30 heavy (non-hydrogen) atoms. The molecule has 3 aromatic rings. The van der Waals surface area contributed by atoms with Crippen molar-refractivity contribution in [2.24, 2.45) is 0 Å². The maximum atomic E-state index is 12.2. The molecule has 1 N–H and O–H groups in total. The molecule has 0 unspecified atom stereocenters. The number of hydrogen-bond donors (Lipinski definition) is 1. The van der Waals surface area contributed by atoms with E-state index in [4.69, 9.17) is 20.9 Å². The Bertz CT molecular complexity index is 1110. The molecular formula is C20H20ClN3O5S. The molecule has 158 valence electrons. The highest BCUT2D eigenvalue weighted by atomic mass is 35.5. The predicted molar refractivity (Wildman–Crippen MR) is 113 cm³/mol. The molecule has 0 fully saturated rings. The van der Waals surface area contributed by atoms with Crippen molar-refractivity contribution in [3.8, 4) is 17.1 Å². The van der Waals surface area contributed by atoms with Gasteiger partial charge in [-0.25, -0.2) is 8.42 Å². The minimum Gasteiger partial charge on any atom is -0.492 e. The van der Waals surface area contributed by atoms with Crippen LogP contribution in [-0.2, 0) is 21.1 Å². The van der Waals surface area contributed by atoms with Crippen LogP contribution in [-0.4, -0.2) is 43.1 Å². The van der Waals surface area contributed by atoms with Gasteiger partial charge in [0, 0.05) is 41.4 Å². The Labute approximate surface area is 179 Å². The summed E-state index contributed by atoms with van der Waals surface area (Å²) in [5.74, 6) is 0.954. The van der Waals surface area contributed by atoms with E-state index < -0.39 is 9.84 Å². The van der Waals surface area contributed by atoms with Crippen molar-refractivity contribution in [2.75, 3.05) is 23.9 Å². The second-order valence-electron chi connectivity index (χ2n) is 6.57. The number of nitrogens with one attached hydrogen (secondary N) is 1. The average molecular weight is 450 g/mol. The van der Waals surface area contributed by atoms with Crippen LogP contribution in [0.15, 0.2) is 53.1 Å². The number of benzene rings is 2. The highest BCUT2D eigenvalue weighted by Crippen LogP contribution is 2.20. The van der Waals surface area contributed by atoms with Gasteiger partial charge in [-0.15, -0.1) is 0 Å². The van der Waals surface area contributed by atoms with E-state index in [2.05, 4.69) is 15.5 Å². The third-order valence-corrected chi connectivity index (χ3v) is 5.14. The van der Waals surface area contributed by atoms with Crippen molar-refractivity contribution < 1.29 is 22.5 Å². The quantitative estimate of drug-likeness (QED) is 0.532. The molecule has 0 aliphatic heterocycles. The molecular weight excluding hydrogens is 430 g/mol. The molecule has 0 saturated heterocycles. The van der Waals surface area contributed by atoms with E-state index in [-0.39, 0.29) is 31.1 Å². The Kier molecular flexibility index (Phi) is 7.07. The average Bonchev–Trinajstić information content (AvgIpc) is 3.15. The van der Waals surface area contributed by atoms with E-state index in [9.17, 15) is 13.2 Å². The van der Waals surface area contributed by atoms with Crippen LogP contribution in [0.3, 0.4) is 0 Å². The summed E-state index contributed by atoms with van der Waals surface area (Å²) < 4.78 is 32.9. The van der Waals surface area contributed by atoms with Crippen LogP contribution < -0.4 is 10.1 Å². The Morgan fingerprint density at radius 1 is 1.20 bits per heavy atom. The van der Waals surface area contributed by atoms with Gasteiger partial charge in [0.15, 0.2) is 9.84 Å². The van der Waals surface area contributed by atoms with Crippen molar-refractivity contribution in [3.05, 3.63) is 59.4 Å². The van der Waals surface area contributed by atoms with E-state index >= 15 is 0 Å². The molecule has 2 aromatic carbocycles. The standard InChI is InChI=1S/C20H20ClN3O5S/c1-30(26,27)12-11-28-17-4-2-3-16(13-17)22-18(25)9-10-19-23-20(24-29-19)14-5-7-15(21)8-6-14/h2-8,13H,9-12H2,1H3,(H,22,25). The first-order valence-corrected chi connectivity index (χ1v) is 11.5. The lowest BCUT2D eigenvalue weighted by Gasteiger charge is -2.08. The minimum atomic E-state index is -3.10. The van der Waals surface area contributed by atoms with Crippen molar-refractivity contribution in [3.63, 3.8) is 0 Å². The number of ether oxygens (including phenoxy) is 1. The SMILES string of the molecule is CS(=O)(=O)CCOc1cccc(NC(=O)CCc2nc(-c3ccc(Cl)cc3)no2)c1. The summed E-state index contributed by atoms with van der Waals surface area (Å²) in [6.45, 7) is 0.0450. The van der Waals surface area contributed by atoms with Crippen LogP contribution in [0, 0.1) is 0 Å². The second kappa shape index (κ2) is 9.73. The molecule has 10 heteroatoms. The minimum absolute atomic E-state index is 0.0450. The first-order chi connectivity index (χ1) is 14.3. The number of sulfone groups is 1. The van der Waals surface area contributed by atoms with Gasteiger partial charge in [0.2, 0.25) is 17.6 Å². The highest BCUT2D eigenvalue weighted by molar-refractivity contribution is 7.90. The van der Waals surface area contributed by atoms with Crippen molar-refractivity contribution in [1.29, 1.82) is 0 Å². The smallest absolute Gasteiger partial charge is 0.227 e. The van der Waals surface area contributed by atoms with Crippen LogP contribution >= 0.6 is 11.6 Å². The van der Waals surface area contributed by atoms with Crippen molar-refractivity contribution in [2.45, 2.75) is 12.8 Å². The number of halogens is 1. The normalized spacial score (nSPS) is 11.3. The lowest BCUT2D eigenvalue weighted by molar-refractivity contribution is -0.116. The van der Waals surface area contributed by atoms with Crippen molar-refractivity contribution in [1.82, 2.24) is 10.1 Å². The first-order valence-electron chi connectivity index (χ1n) is 9.07. The monoisotopic (exact) mass is 449 g/mol. The topological polar surface area (TPSA) is 111 Å². The zero-order valence-corrected chi connectivity index (χ0v) is 17.7. The molecule has 3 rings (SSSR count). The van der Waals surface area contributed by atoms with E-state index in [1.807, 2.05) is 0 Å². The van der Waals surface area contributed by atoms with Gasteiger partial charge < -0.3 is 14.6 Å². The van der Waals surface area contributed by atoms with Crippen molar-refractivity contribution >= 4 is 33.0 Å². The molecule has 0 spiro atoms. The maximum Gasteiger partial charge on any atom is 0.227 e. The number of aromatic nitrogens is 2. The summed E-state index contributed by atoms with van der Waals surface area (Å²) >= 11 is 5.87. The molecule has 0 aliphatic carbocycles. The van der Waals surface area contributed by atoms with E-state index in [1.165, 1.54) is 0 Å². The number of nitrogens with zero attached hydrogens (tertiary/aromatic N) is 2. The number of carbonyl (C=O) groups excluding carboxylic acids is 1. The van der Waals surface area contributed by atoms with Gasteiger partial charge in [0.1, 0.15) is 12.4 Å². The summed E-state index contributed by atoms with van der Waals surface area (Å²) in [6, 6.07) is 13.8. The Morgan fingerprint density at radius 3 is 2.70 bits per heavy atom. The molecule has 0 radical (unpaired) electrons. The van der Waals surface area contributed by atoms with Gasteiger partial charge in [-0.05, 0) is 36.4 Å². The second-order valence-corrected chi connectivity index (χ2v) is 9.27. The van der Waals surface area contributed by atoms with E-state index in [1.54, 1.807) is 48.5 Å². The van der Waals surface area contributed by atoms with Gasteiger partial charge >= 0.3 is 0 Å². The molecule has 0 aliphatic rings. The zero-order valence-electron chi connectivity index (χ0n) is 16.2. The number of anilines is 1. The summed E-state index contributed by atoms with van der Waals surface area (Å²) in [6.07, 6.45) is 1.59. The lowest BCUT2D eigenvalue weighted by atomic mass is 10.2. The Morgan fingerprint density at radius 2 is 1.97 bits per heavy atom. The van der Waals surface area contributed by atoms with Gasteiger partial charge in [0.25, 0.3) is 0 Å². The third-order valence-electron chi connectivity index (χ3n) is 3.98. The number of hydrogen-bond acceptors (Lipinski definition) is 7. The zero-order chi connectivity index (χ0) is 21.6. The van der Waals surface area contributed by atoms with Crippen LogP contribution in [0.2, 0.25) is 5.02 Å². The van der Waals surface area contributed by atoms with Crippen LogP contribution in [0.5, 0.6) is 5.75 Å². The maximum absolute atomic E-state index is 12.2. The molecule has 1 amide bonds. The number of carbonyl (C=O) groups is 1. The highest BCUT2D eigenvalue weighted by Gasteiger charge is 2.11. The third kappa shape index (κ3) is 6.85. The molecule has 0 saturated carbocycles. The summed E-state index contributed by atoms with van der Waals surface area (Å²) in [5, 5.41) is 7.29. The Hall–Kier alpha value is -2.91. The van der Waals surface area contributed by atoms with Gasteiger partial charge in [-0.3, -0.25) is 4.79 Å². The van der Waals surface area contributed by atoms with E-state index in [0.29, 0.717) is 28.2 Å². The number of aryl methyl sites for hydroxylation is 1. The van der Waals surface area contributed by atoms with E-state index in [0.717, 1.165) is 11.8 Å². The first kappa shape index (κ1) is 21.8. The number of amides is 1. The Balaban J connectivity index is 1.50. The fraction of sp³-hybridized carbons (Fsp3) is 0.250.